The molecule has 6 heteroatoms. The van der Waals surface area contributed by atoms with Crippen molar-refractivity contribution in [2.45, 2.75) is 51.0 Å². The Morgan fingerprint density at radius 1 is 1.23 bits per heavy atom. The zero-order valence-corrected chi connectivity index (χ0v) is 15.1. The van der Waals surface area contributed by atoms with Crippen LogP contribution in [0.4, 0.5) is 0 Å². The quantitative estimate of drug-likeness (QED) is 0.819. The largest absolute Gasteiger partial charge is 0.350 e. The van der Waals surface area contributed by atoms with Crippen LogP contribution in [-0.2, 0) is 9.84 Å². The molecule has 1 rings (SSSR count). The normalized spacial score (nSPS) is 13.2. The molecule has 22 heavy (non-hydrogen) atoms. The van der Waals surface area contributed by atoms with Gasteiger partial charge in [0.25, 0.3) is 5.91 Å². The first kappa shape index (κ1) is 19.0. The zero-order chi connectivity index (χ0) is 16.9. The summed E-state index contributed by atoms with van der Waals surface area (Å²) < 4.78 is 23.1. The Morgan fingerprint density at radius 2 is 1.86 bits per heavy atom. The highest BCUT2D eigenvalue weighted by atomic mass is 35.5. The van der Waals surface area contributed by atoms with Gasteiger partial charge in [0.2, 0.25) is 0 Å². The van der Waals surface area contributed by atoms with Gasteiger partial charge in [-0.05, 0) is 37.5 Å². The molecule has 0 fully saturated rings. The van der Waals surface area contributed by atoms with Crippen molar-refractivity contribution in [3.8, 4) is 0 Å². The second kappa shape index (κ2) is 7.97. The van der Waals surface area contributed by atoms with E-state index < -0.39 is 9.84 Å². The molecule has 0 aliphatic carbocycles. The van der Waals surface area contributed by atoms with Crippen molar-refractivity contribution in [3.63, 3.8) is 0 Å². The van der Waals surface area contributed by atoms with Crippen LogP contribution in [0.5, 0.6) is 0 Å². The van der Waals surface area contributed by atoms with E-state index in [-0.39, 0.29) is 27.4 Å². The Balaban J connectivity index is 2.77. The number of carbonyl (C=O) groups is 1. The molecule has 0 aromatic heterocycles. The van der Waals surface area contributed by atoms with Crippen LogP contribution in [0.25, 0.3) is 0 Å². The fourth-order valence-corrected chi connectivity index (χ4v) is 2.97. The van der Waals surface area contributed by atoms with Crippen molar-refractivity contribution in [2.24, 2.45) is 5.92 Å². The average Bonchev–Trinajstić information content (AvgIpc) is 2.37. The molecule has 1 amide bonds. The number of amides is 1. The van der Waals surface area contributed by atoms with Crippen LogP contribution in [0.2, 0.25) is 5.02 Å². The van der Waals surface area contributed by atoms with E-state index in [9.17, 15) is 13.2 Å². The van der Waals surface area contributed by atoms with Gasteiger partial charge in [-0.25, -0.2) is 8.42 Å². The lowest BCUT2D eigenvalue weighted by molar-refractivity contribution is 0.0937. The number of hydrogen-bond acceptors (Lipinski definition) is 3. The molecular weight excluding hydrogens is 322 g/mol. The van der Waals surface area contributed by atoms with Crippen molar-refractivity contribution < 1.29 is 13.2 Å². The van der Waals surface area contributed by atoms with Gasteiger partial charge in [0.05, 0.1) is 15.5 Å². The number of benzene rings is 1. The highest BCUT2D eigenvalue weighted by molar-refractivity contribution is 7.90. The van der Waals surface area contributed by atoms with E-state index in [1.54, 1.807) is 0 Å². The fourth-order valence-electron chi connectivity index (χ4n) is 2.12. The van der Waals surface area contributed by atoms with E-state index in [2.05, 4.69) is 19.2 Å². The summed E-state index contributed by atoms with van der Waals surface area (Å²) in [5.74, 6) is 0.302. The predicted molar refractivity (Wildman–Crippen MR) is 90.2 cm³/mol. The van der Waals surface area contributed by atoms with Crippen molar-refractivity contribution in [1.29, 1.82) is 0 Å². The van der Waals surface area contributed by atoms with Crippen molar-refractivity contribution >= 4 is 27.3 Å². The lowest BCUT2D eigenvalue weighted by Gasteiger charge is -2.15. The molecule has 0 spiro atoms. The standard InChI is InChI=1S/C16H24ClNO3S/c1-11(2)6-5-7-12(3)18-16(19)14-10-13(22(4,20)21)8-9-15(14)17/h8-12H,5-7H2,1-4H3,(H,18,19). The number of nitrogens with one attached hydrogen (secondary N) is 1. The molecule has 4 nitrogen and oxygen atoms in total. The van der Waals surface area contributed by atoms with Crippen LogP contribution < -0.4 is 5.32 Å². The van der Waals surface area contributed by atoms with Crippen LogP contribution in [0.15, 0.2) is 23.1 Å². The Labute approximate surface area is 138 Å². The summed E-state index contributed by atoms with van der Waals surface area (Å²) in [6.45, 7) is 6.27. The minimum atomic E-state index is -3.37. The van der Waals surface area contributed by atoms with Crippen molar-refractivity contribution in [3.05, 3.63) is 28.8 Å². The maximum atomic E-state index is 12.3. The summed E-state index contributed by atoms with van der Waals surface area (Å²) in [5.41, 5.74) is 0.195. The van der Waals surface area contributed by atoms with Gasteiger partial charge in [0, 0.05) is 12.3 Å². The minimum absolute atomic E-state index is 0.0178. The van der Waals surface area contributed by atoms with Crippen LogP contribution in [0, 0.1) is 5.92 Å². The molecule has 1 unspecified atom stereocenters. The second-order valence-electron chi connectivity index (χ2n) is 6.11. The van der Waals surface area contributed by atoms with Gasteiger partial charge < -0.3 is 5.32 Å². The summed E-state index contributed by atoms with van der Waals surface area (Å²) in [6.07, 6.45) is 4.14. The summed E-state index contributed by atoms with van der Waals surface area (Å²) in [6, 6.07) is 4.19. The Morgan fingerprint density at radius 3 is 2.41 bits per heavy atom. The fraction of sp³-hybridized carbons (Fsp3) is 0.562. The number of sulfone groups is 1. The first-order chi connectivity index (χ1) is 10.1. The molecule has 0 radical (unpaired) electrons. The zero-order valence-electron chi connectivity index (χ0n) is 13.5. The summed E-state index contributed by atoms with van der Waals surface area (Å²) >= 11 is 6.01. The first-order valence-corrected chi connectivity index (χ1v) is 9.68. The highest BCUT2D eigenvalue weighted by Gasteiger charge is 2.17. The third kappa shape index (κ3) is 5.97. The maximum Gasteiger partial charge on any atom is 0.253 e. The molecule has 1 N–H and O–H groups in total. The smallest absolute Gasteiger partial charge is 0.253 e. The molecular formula is C16H24ClNO3S. The van der Waals surface area contributed by atoms with Gasteiger partial charge in [-0.2, -0.15) is 0 Å². The highest BCUT2D eigenvalue weighted by Crippen LogP contribution is 2.21. The second-order valence-corrected chi connectivity index (χ2v) is 8.54. The predicted octanol–water partition coefficient (Wildman–Crippen LogP) is 3.69. The van der Waals surface area contributed by atoms with Gasteiger partial charge in [0.15, 0.2) is 9.84 Å². The number of halogens is 1. The molecule has 0 heterocycles. The van der Waals surface area contributed by atoms with E-state index in [1.807, 2.05) is 6.92 Å². The molecule has 1 aromatic carbocycles. The Kier molecular flexibility index (Phi) is 6.88. The van der Waals surface area contributed by atoms with Crippen LogP contribution in [0.1, 0.15) is 50.4 Å². The molecule has 0 saturated heterocycles. The lowest BCUT2D eigenvalue weighted by Crippen LogP contribution is -2.32. The lowest BCUT2D eigenvalue weighted by atomic mass is 10.0. The first-order valence-electron chi connectivity index (χ1n) is 7.41. The van der Waals surface area contributed by atoms with Gasteiger partial charge in [-0.3, -0.25) is 4.79 Å². The monoisotopic (exact) mass is 345 g/mol. The molecule has 0 bridgehead atoms. The van der Waals surface area contributed by atoms with Crippen LogP contribution >= 0.6 is 11.6 Å². The third-order valence-corrected chi connectivity index (χ3v) is 4.85. The van der Waals surface area contributed by atoms with Gasteiger partial charge in [-0.15, -0.1) is 0 Å². The average molecular weight is 346 g/mol. The van der Waals surface area contributed by atoms with E-state index in [4.69, 9.17) is 11.6 Å². The van der Waals surface area contributed by atoms with E-state index in [0.29, 0.717) is 5.92 Å². The Hall–Kier alpha value is -1.07. The molecule has 1 atom stereocenters. The van der Waals surface area contributed by atoms with Gasteiger partial charge >= 0.3 is 0 Å². The summed E-state index contributed by atoms with van der Waals surface area (Å²) in [5, 5.41) is 3.12. The SMILES string of the molecule is CC(C)CCCC(C)NC(=O)c1cc(S(C)(=O)=O)ccc1Cl. The van der Waals surface area contributed by atoms with E-state index >= 15 is 0 Å². The van der Waals surface area contributed by atoms with Gasteiger partial charge in [-0.1, -0.05) is 38.3 Å². The topological polar surface area (TPSA) is 63.2 Å². The van der Waals surface area contributed by atoms with Crippen LogP contribution in [-0.4, -0.2) is 26.6 Å². The summed E-state index contributed by atoms with van der Waals surface area (Å²) in [4.78, 5) is 12.4. The van der Waals surface area contributed by atoms with Crippen molar-refractivity contribution in [1.82, 2.24) is 5.32 Å². The molecule has 1 aromatic rings. The molecule has 0 saturated carbocycles. The number of carbonyl (C=O) groups excluding carboxylic acids is 1. The number of hydrogen-bond donors (Lipinski definition) is 1. The van der Waals surface area contributed by atoms with Gasteiger partial charge in [0.1, 0.15) is 0 Å². The molecule has 0 aliphatic heterocycles. The van der Waals surface area contributed by atoms with Crippen LogP contribution in [0.3, 0.4) is 0 Å². The Bertz CT molecular complexity index is 626. The maximum absolute atomic E-state index is 12.3. The van der Waals surface area contributed by atoms with E-state index in [1.165, 1.54) is 18.2 Å². The number of rotatable bonds is 7. The molecule has 124 valence electrons. The summed E-state index contributed by atoms with van der Waals surface area (Å²) in [7, 11) is -3.37. The van der Waals surface area contributed by atoms with E-state index in [0.717, 1.165) is 25.5 Å². The third-order valence-electron chi connectivity index (χ3n) is 3.41. The minimum Gasteiger partial charge on any atom is -0.350 e. The molecule has 0 aliphatic rings. The van der Waals surface area contributed by atoms with Crippen molar-refractivity contribution in [2.75, 3.05) is 6.26 Å².